The zero-order valence-electron chi connectivity index (χ0n) is 20.8. The maximum atomic E-state index is 5.26. The van der Waals surface area contributed by atoms with Crippen molar-refractivity contribution in [3.63, 3.8) is 0 Å². The Morgan fingerprint density at radius 1 is 0.711 bits per heavy atom. The highest BCUT2D eigenvalue weighted by atomic mass is 32.1. The molecule has 0 unspecified atom stereocenters. The second-order valence-corrected chi connectivity index (χ2v) is 9.73. The monoisotopic (exact) mass is 515 g/mol. The molecule has 0 aliphatic heterocycles. The summed E-state index contributed by atoms with van der Waals surface area (Å²) >= 11 is 1.53. The quantitative estimate of drug-likeness (QED) is 0.227. The molecule has 2 aromatic heterocycles. The van der Waals surface area contributed by atoms with Crippen molar-refractivity contribution < 1.29 is 4.74 Å². The largest absolute Gasteiger partial charge is 0.497 e. The van der Waals surface area contributed by atoms with Crippen LogP contribution in [0.2, 0.25) is 0 Å². The van der Waals surface area contributed by atoms with Crippen molar-refractivity contribution in [3.05, 3.63) is 120 Å². The van der Waals surface area contributed by atoms with Crippen molar-refractivity contribution in [1.82, 2.24) is 19.7 Å². The van der Waals surface area contributed by atoms with Crippen LogP contribution in [-0.2, 0) is 6.54 Å². The van der Waals surface area contributed by atoms with E-state index in [9.17, 15) is 0 Å². The number of anilines is 2. The van der Waals surface area contributed by atoms with Crippen molar-refractivity contribution in [2.75, 3.05) is 12.4 Å². The number of benzene rings is 4. The number of nitrogens with one attached hydrogen (secondary N) is 1. The Kier molecular flexibility index (Phi) is 6.66. The summed E-state index contributed by atoms with van der Waals surface area (Å²) in [6.07, 6.45) is 0. The Labute approximate surface area is 225 Å². The molecule has 0 saturated heterocycles. The van der Waals surface area contributed by atoms with Crippen molar-refractivity contribution >= 4 is 22.2 Å². The Balaban J connectivity index is 1.43. The summed E-state index contributed by atoms with van der Waals surface area (Å²) in [6, 6.07) is 38.8. The van der Waals surface area contributed by atoms with E-state index in [4.69, 9.17) is 9.72 Å². The highest BCUT2D eigenvalue weighted by molar-refractivity contribution is 7.15. The second-order valence-electron chi connectivity index (χ2n) is 8.67. The topological polar surface area (TPSA) is 64.9 Å². The fourth-order valence-corrected chi connectivity index (χ4v) is 5.15. The molecule has 0 spiro atoms. The number of ether oxygens (including phenoxy) is 1. The van der Waals surface area contributed by atoms with E-state index in [0.29, 0.717) is 6.54 Å². The van der Waals surface area contributed by atoms with Gasteiger partial charge in [0.2, 0.25) is 5.13 Å². The minimum atomic E-state index is 0.538. The number of hydrogen-bond donors (Lipinski definition) is 1. The molecule has 2 heterocycles. The normalized spacial score (nSPS) is 10.9. The van der Waals surface area contributed by atoms with E-state index in [1.807, 2.05) is 66.7 Å². The molecule has 6 nitrogen and oxygen atoms in total. The molecule has 38 heavy (non-hydrogen) atoms. The molecular formula is C31H25N5OS. The van der Waals surface area contributed by atoms with Crippen LogP contribution in [0.4, 0.5) is 10.8 Å². The first kappa shape index (κ1) is 23.6. The molecule has 7 heteroatoms. The summed E-state index contributed by atoms with van der Waals surface area (Å²) in [5.74, 6) is 1.70. The van der Waals surface area contributed by atoms with E-state index in [1.165, 1.54) is 11.3 Å². The molecule has 6 aromatic rings. The smallest absolute Gasteiger partial charge is 0.210 e. The van der Waals surface area contributed by atoms with Crippen LogP contribution in [0.5, 0.6) is 5.75 Å². The highest BCUT2D eigenvalue weighted by Crippen LogP contribution is 2.37. The number of imidazole rings is 1. The lowest BCUT2D eigenvalue weighted by molar-refractivity contribution is 0.415. The van der Waals surface area contributed by atoms with Crippen LogP contribution in [0.1, 0.15) is 5.01 Å². The average Bonchev–Trinajstić information content (AvgIpc) is 3.59. The van der Waals surface area contributed by atoms with Gasteiger partial charge < -0.3 is 14.6 Å². The maximum absolute atomic E-state index is 5.26. The van der Waals surface area contributed by atoms with Crippen LogP contribution in [0.15, 0.2) is 115 Å². The minimum Gasteiger partial charge on any atom is -0.497 e. The van der Waals surface area contributed by atoms with Gasteiger partial charge in [-0.3, -0.25) is 0 Å². The molecule has 0 bridgehead atoms. The van der Waals surface area contributed by atoms with Gasteiger partial charge in [0.15, 0.2) is 0 Å². The predicted molar refractivity (Wildman–Crippen MR) is 154 cm³/mol. The van der Waals surface area contributed by atoms with Gasteiger partial charge in [-0.1, -0.05) is 102 Å². The molecule has 0 saturated carbocycles. The highest BCUT2D eigenvalue weighted by Gasteiger charge is 2.22. The summed E-state index contributed by atoms with van der Waals surface area (Å²) in [7, 11) is 1.66. The van der Waals surface area contributed by atoms with Crippen molar-refractivity contribution in [1.29, 1.82) is 0 Å². The van der Waals surface area contributed by atoms with Gasteiger partial charge in [-0.2, -0.15) is 0 Å². The Morgan fingerprint density at radius 2 is 1.32 bits per heavy atom. The maximum Gasteiger partial charge on any atom is 0.210 e. The SMILES string of the molecule is COc1ccc(Nc2nnc(Cn3c(-c4ccccc4)nc(-c4ccccc4)c3-c3ccccc3)s2)cc1. The lowest BCUT2D eigenvalue weighted by atomic mass is 10.0. The van der Waals surface area contributed by atoms with Gasteiger partial charge in [-0.15, -0.1) is 10.2 Å². The van der Waals surface area contributed by atoms with Gasteiger partial charge in [0.25, 0.3) is 0 Å². The molecule has 186 valence electrons. The van der Waals surface area contributed by atoms with Crippen molar-refractivity contribution in [2.24, 2.45) is 0 Å². The summed E-state index contributed by atoms with van der Waals surface area (Å²) in [4.78, 5) is 5.21. The van der Waals surface area contributed by atoms with Gasteiger partial charge in [-0.05, 0) is 24.3 Å². The lowest BCUT2D eigenvalue weighted by Gasteiger charge is -2.12. The van der Waals surface area contributed by atoms with Gasteiger partial charge in [-0.25, -0.2) is 4.98 Å². The number of methoxy groups -OCH3 is 1. The number of aromatic nitrogens is 4. The second kappa shape index (κ2) is 10.7. The Hall–Kier alpha value is -4.75. The van der Waals surface area contributed by atoms with E-state index < -0.39 is 0 Å². The molecule has 0 radical (unpaired) electrons. The zero-order valence-corrected chi connectivity index (χ0v) is 21.6. The van der Waals surface area contributed by atoms with Crippen LogP contribution >= 0.6 is 11.3 Å². The summed E-state index contributed by atoms with van der Waals surface area (Å²) in [5, 5.41) is 13.9. The van der Waals surface area contributed by atoms with Gasteiger partial charge in [0.05, 0.1) is 25.0 Å². The molecule has 0 aliphatic carbocycles. The van der Waals surface area contributed by atoms with Crippen LogP contribution in [0.3, 0.4) is 0 Å². The van der Waals surface area contributed by atoms with Crippen molar-refractivity contribution in [3.8, 4) is 39.7 Å². The first-order valence-corrected chi connectivity index (χ1v) is 13.1. The molecule has 4 aromatic carbocycles. The standard InChI is InChI=1S/C31H25N5OS/c1-37-26-19-17-25(18-20-26)32-31-35-34-27(38-31)21-36-29(23-13-7-3-8-14-23)28(22-11-5-2-6-12-22)33-30(36)24-15-9-4-10-16-24/h2-20H,21H2,1H3,(H,32,35). The third-order valence-corrected chi connectivity index (χ3v) is 7.02. The molecule has 6 rings (SSSR count). The van der Waals surface area contributed by atoms with E-state index in [0.717, 1.165) is 55.5 Å². The van der Waals surface area contributed by atoms with Crippen molar-refractivity contribution in [2.45, 2.75) is 6.54 Å². The van der Waals surface area contributed by atoms with Crippen LogP contribution in [-0.4, -0.2) is 26.9 Å². The van der Waals surface area contributed by atoms with E-state index in [-0.39, 0.29) is 0 Å². The number of rotatable bonds is 8. The fourth-order valence-electron chi connectivity index (χ4n) is 4.40. The molecule has 0 amide bonds. The summed E-state index contributed by atoms with van der Waals surface area (Å²) in [5.41, 5.74) is 6.14. The third kappa shape index (κ3) is 4.92. The summed E-state index contributed by atoms with van der Waals surface area (Å²) in [6.45, 7) is 0.538. The number of nitrogens with zero attached hydrogens (tertiary/aromatic N) is 4. The van der Waals surface area contributed by atoms with Gasteiger partial charge in [0.1, 0.15) is 16.6 Å². The Bertz CT molecular complexity index is 1630. The van der Waals surface area contributed by atoms with Gasteiger partial charge >= 0.3 is 0 Å². The van der Waals surface area contributed by atoms with Gasteiger partial charge in [0, 0.05) is 22.4 Å². The minimum absolute atomic E-state index is 0.538. The molecular weight excluding hydrogens is 490 g/mol. The molecule has 1 N–H and O–H groups in total. The lowest BCUT2D eigenvalue weighted by Crippen LogP contribution is -2.04. The third-order valence-electron chi connectivity index (χ3n) is 6.20. The van der Waals surface area contributed by atoms with Crippen LogP contribution in [0.25, 0.3) is 33.9 Å². The van der Waals surface area contributed by atoms with E-state index >= 15 is 0 Å². The summed E-state index contributed by atoms with van der Waals surface area (Å²) < 4.78 is 7.51. The first-order valence-electron chi connectivity index (χ1n) is 12.3. The molecule has 0 fully saturated rings. The van der Waals surface area contributed by atoms with E-state index in [1.54, 1.807) is 7.11 Å². The molecule has 0 aliphatic rings. The predicted octanol–water partition coefficient (Wildman–Crippen LogP) is 7.54. The molecule has 0 atom stereocenters. The van der Waals surface area contributed by atoms with E-state index in [2.05, 4.69) is 68.6 Å². The number of hydrogen-bond acceptors (Lipinski definition) is 6. The van der Waals surface area contributed by atoms with Crippen LogP contribution < -0.4 is 10.1 Å². The van der Waals surface area contributed by atoms with Crippen LogP contribution in [0, 0.1) is 0 Å². The average molecular weight is 516 g/mol. The Morgan fingerprint density at radius 3 is 1.95 bits per heavy atom. The fraction of sp³-hybridized carbons (Fsp3) is 0.0645. The first-order chi connectivity index (χ1) is 18.8. The zero-order chi connectivity index (χ0) is 25.7.